The lowest BCUT2D eigenvalue weighted by Crippen LogP contribution is -1.94. The minimum absolute atomic E-state index is 0.140. The third-order valence-electron chi connectivity index (χ3n) is 2.61. The third kappa shape index (κ3) is 2.34. The molecule has 2 nitrogen and oxygen atoms in total. The summed E-state index contributed by atoms with van der Waals surface area (Å²) in [4.78, 5) is 5.65. The Balaban J connectivity index is 2.93. The Morgan fingerprint density at radius 2 is 1.93 bits per heavy atom. The van der Waals surface area contributed by atoms with Gasteiger partial charge in [0.05, 0.1) is 22.2 Å². The molecule has 1 heterocycles. The van der Waals surface area contributed by atoms with Crippen LogP contribution in [-0.4, -0.2) is 10.1 Å². The van der Waals surface area contributed by atoms with Crippen LogP contribution in [-0.2, 0) is 13.0 Å². The largest absolute Gasteiger partial charge is 0.391 e. The van der Waals surface area contributed by atoms with E-state index in [-0.39, 0.29) is 6.61 Å². The Hall–Kier alpha value is -0.410. The zero-order valence-electron chi connectivity index (χ0n) is 9.21. The number of hydrogen-bond acceptors (Lipinski definition) is 3. The molecule has 0 fully saturated rings. The summed E-state index contributed by atoms with van der Waals surface area (Å²) in [6.45, 7) is 6.62. The molecule has 1 N–H and O–H groups in total. The number of aliphatic hydroxyl groups is 1. The minimum atomic E-state index is 0.140. The Morgan fingerprint density at radius 1 is 1.29 bits per heavy atom. The molecule has 1 aromatic rings. The summed E-state index contributed by atoms with van der Waals surface area (Å²) in [5, 5.41) is 10.4. The molecule has 0 bridgehead atoms. The first-order valence-electron chi connectivity index (χ1n) is 5.36. The van der Waals surface area contributed by atoms with Gasteiger partial charge in [-0.05, 0) is 19.3 Å². The fourth-order valence-electron chi connectivity index (χ4n) is 1.62. The lowest BCUT2D eigenvalue weighted by molar-refractivity contribution is 0.284. The number of aromatic nitrogens is 1. The SMILES string of the molecule is CCc1nc(C(CC)CC)sc1CO. The summed E-state index contributed by atoms with van der Waals surface area (Å²) < 4.78 is 0. The predicted octanol–water partition coefficient (Wildman–Crippen LogP) is 3.10. The minimum Gasteiger partial charge on any atom is -0.391 e. The molecular formula is C11H19NOS. The molecule has 0 spiro atoms. The Morgan fingerprint density at radius 3 is 2.29 bits per heavy atom. The molecule has 0 saturated heterocycles. The summed E-state index contributed by atoms with van der Waals surface area (Å²) in [5.74, 6) is 0.575. The van der Waals surface area contributed by atoms with E-state index in [0.717, 1.165) is 29.8 Å². The Bertz CT molecular complexity index is 257. The van der Waals surface area contributed by atoms with Crippen LogP contribution in [0.1, 0.15) is 55.1 Å². The van der Waals surface area contributed by atoms with Gasteiger partial charge in [0.25, 0.3) is 0 Å². The maximum Gasteiger partial charge on any atom is 0.0962 e. The van der Waals surface area contributed by atoms with Gasteiger partial charge in [0.2, 0.25) is 0 Å². The number of thiazole rings is 1. The van der Waals surface area contributed by atoms with Crippen molar-refractivity contribution in [1.82, 2.24) is 4.98 Å². The zero-order valence-corrected chi connectivity index (χ0v) is 10.0. The molecule has 0 aliphatic heterocycles. The summed E-state index contributed by atoms with van der Waals surface area (Å²) in [6, 6.07) is 0. The monoisotopic (exact) mass is 213 g/mol. The van der Waals surface area contributed by atoms with Crippen molar-refractivity contribution in [3.63, 3.8) is 0 Å². The van der Waals surface area contributed by atoms with Gasteiger partial charge in [0.1, 0.15) is 0 Å². The highest BCUT2D eigenvalue weighted by atomic mass is 32.1. The van der Waals surface area contributed by atoms with Crippen LogP contribution in [0.15, 0.2) is 0 Å². The summed E-state index contributed by atoms with van der Waals surface area (Å²) in [7, 11) is 0. The highest BCUT2D eigenvalue weighted by molar-refractivity contribution is 7.11. The van der Waals surface area contributed by atoms with Gasteiger partial charge in [-0.1, -0.05) is 20.8 Å². The van der Waals surface area contributed by atoms with Gasteiger partial charge in [0, 0.05) is 5.92 Å². The molecule has 3 heteroatoms. The van der Waals surface area contributed by atoms with Gasteiger partial charge < -0.3 is 5.11 Å². The molecule has 80 valence electrons. The molecule has 1 aromatic heterocycles. The van der Waals surface area contributed by atoms with Crippen molar-refractivity contribution in [3.8, 4) is 0 Å². The van der Waals surface area contributed by atoms with E-state index in [1.165, 1.54) is 5.01 Å². The van der Waals surface area contributed by atoms with E-state index < -0.39 is 0 Å². The maximum absolute atomic E-state index is 9.16. The van der Waals surface area contributed by atoms with Crippen molar-refractivity contribution in [2.24, 2.45) is 0 Å². The van der Waals surface area contributed by atoms with Crippen LogP contribution in [0.5, 0.6) is 0 Å². The first kappa shape index (κ1) is 11.7. The normalized spacial score (nSPS) is 11.2. The topological polar surface area (TPSA) is 33.1 Å². The molecule has 14 heavy (non-hydrogen) atoms. The van der Waals surface area contributed by atoms with E-state index in [0.29, 0.717) is 5.92 Å². The van der Waals surface area contributed by atoms with Gasteiger partial charge >= 0.3 is 0 Å². The Kier molecular flexibility index (Phi) is 4.55. The second-order valence-corrected chi connectivity index (χ2v) is 4.56. The van der Waals surface area contributed by atoms with Crippen LogP contribution in [0.2, 0.25) is 0 Å². The Labute approximate surface area is 90.0 Å². The van der Waals surface area contributed by atoms with E-state index in [9.17, 15) is 0 Å². The van der Waals surface area contributed by atoms with Crippen LogP contribution in [0.3, 0.4) is 0 Å². The first-order chi connectivity index (χ1) is 6.76. The lowest BCUT2D eigenvalue weighted by Gasteiger charge is -2.06. The van der Waals surface area contributed by atoms with E-state index in [2.05, 4.69) is 25.8 Å². The van der Waals surface area contributed by atoms with Crippen LogP contribution in [0, 0.1) is 0 Å². The highest BCUT2D eigenvalue weighted by Crippen LogP contribution is 2.29. The van der Waals surface area contributed by atoms with Gasteiger partial charge in [-0.3, -0.25) is 0 Å². The van der Waals surface area contributed by atoms with Crippen molar-refractivity contribution < 1.29 is 5.11 Å². The molecule has 0 radical (unpaired) electrons. The van der Waals surface area contributed by atoms with Crippen LogP contribution in [0.25, 0.3) is 0 Å². The summed E-state index contributed by atoms with van der Waals surface area (Å²) >= 11 is 1.68. The average Bonchev–Trinajstić information content (AvgIpc) is 2.63. The fourth-order valence-corrected chi connectivity index (χ4v) is 2.90. The van der Waals surface area contributed by atoms with Crippen molar-refractivity contribution in [3.05, 3.63) is 15.6 Å². The van der Waals surface area contributed by atoms with Crippen molar-refractivity contribution in [1.29, 1.82) is 0 Å². The summed E-state index contributed by atoms with van der Waals surface area (Å²) in [6.07, 6.45) is 3.20. The van der Waals surface area contributed by atoms with Crippen LogP contribution >= 0.6 is 11.3 Å². The van der Waals surface area contributed by atoms with Crippen molar-refractivity contribution in [2.75, 3.05) is 0 Å². The first-order valence-corrected chi connectivity index (χ1v) is 6.17. The lowest BCUT2D eigenvalue weighted by atomic mass is 10.1. The fraction of sp³-hybridized carbons (Fsp3) is 0.727. The van der Waals surface area contributed by atoms with Crippen molar-refractivity contribution >= 4 is 11.3 Å². The molecule has 0 aliphatic carbocycles. The molecule has 0 aliphatic rings. The molecular weight excluding hydrogens is 194 g/mol. The quantitative estimate of drug-likeness (QED) is 0.815. The predicted molar refractivity (Wildman–Crippen MR) is 60.7 cm³/mol. The molecule has 0 atom stereocenters. The van der Waals surface area contributed by atoms with Gasteiger partial charge in [-0.2, -0.15) is 0 Å². The zero-order chi connectivity index (χ0) is 10.6. The second-order valence-electron chi connectivity index (χ2n) is 3.45. The molecule has 1 rings (SSSR count). The smallest absolute Gasteiger partial charge is 0.0962 e. The maximum atomic E-state index is 9.16. The van der Waals surface area contributed by atoms with Crippen molar-refractivity contribution in [2.45, 2.75) is 52.6 Å². The number of aryl methyl sites for hydroxylation is 1. The molecule has 0 unspecified atom stereocenters. The average molecular weight is 213 g/mol. The van der Waals surface area contributed by atoms with Gasteiger partial charge in [-0.15, -0.1) is 11.3 Å². The van der Waals surface area contributed by atoms with Crippen LogP contribution < -0.4 is 0 Å². The van der Waals surface area contributed by atoms with Crippen LogP contribution in [0.4, 0.5) is 0 Å². The highest BCUT2D eigenvalue weighted by Gasteiger charge is 2.14. The number of rotatable bonds is 5. The molecule has 0 saturated carbocycles. The van der Waals surface area contributed by atoms with E-state index >= 15 is 0 Å². The van der Waals surface area contributed by atoms with E-state index in [4.69, 9.17) is 5.11 Å². The van der Waals surface area contributed by atoms with E-state index in [1.807, 2.05) is 0 Å². The third-order valence-corrected chi connectivity index (χ3v) is 3.85. The number of nitrogens with zero attached hydrogens (tertiary/aromatic N) is 1. The second kappa shape index (κ2) is 5.47. The van der Waals surface area contributed by atoms with Gasteiger partial charge in [0.15, 0.2) is 0 Å². The van der Waals surface area contributed by atoms with E-state index in [1.54, 1.807) is 11.3 Å². The van der Waals surface area contributed by atoms with Gasteiger partial charge in [-0.25, -0.2) is 4.98 Å². The summed E-state index contributed by atoms with van der Waals surface area (Å²) in [5.41, 5.74) is 1.08. The number of aliphatic hydroxyl groups excluding tert-OH is 1. The number of hydrogen-bond donors (Lipinski definition) is 1. The molecule has 0 amide bonds. The molecule has 0 aromatic carbocycles. The standard InChI is InChI=1S/C11H19NOS/c1-4-8(5-2)11-12-9(6-3)10(7-13)14-11/h8,13H,4-7H2,1-3H3.